The molecule has 0 radical (unpaired) electrons. The molecule has 0 saturated carbocycles. The van der Waals surface area contributed by atoms with Crippen molar-refractivity contribution in [3.63, 3.8) is 0 Å². The Morgan fingerprint density at radius 1 is 1.25 bits per heavy atom. The van der Waals surface area contributed by atoms with Crippen LogP contribution in [0.3, 0.4) is 0 Å². The molecule has 0 unspecified atom stereocenters. The second-order valence-electron chi connectivity index (χ2n) is 3.91. The third-order valence-corrected chi connectivity index (χ3v) is 2.95. The Hall–Kier alpha value is -0.0800. The van der Waals surface area contributed by atoms with Crippen LogP contribution in [0.2, 0.25) is 0 Å². The molecular formula is C10H21NO. The summed E-state index contributed by atoms with van der Waals surface area (Å²) in [5.74, 6) is 0. The Morgan fingerprint density at radius 2 is 1.83 bits per heavy atom. The van der Waals surface area contributed by atoms with E-state index in [9.17, 15) is 5.11 Å². The number of hydrogen-bond donors (Lipinski definition) is 1. The van der Waals surface area contributed by atoms with E-state index in [-0.39, 0.29) is 5.60 Å². The van der Waals surface area contributed by atoms with Crippen LogP contribution in [0.15, 0.2) is 0 Å². The van der Waals surface area contributed by atoms with Gasteiger partial charge in [0.25, 0.3) is 0 Å². The Balaban J connectivity index is 2.33. The van der Waals surface area contributed by atoms with Crippen molar-refractivity contribution in [2.24, 2.45) is 0 Å². The maximum absolute atomic E-state index is 10.1. The van der Waals surface area contributed by atoms with E-state index in [1.54, 1.807) is 0 Å². The van der Waals surface area contributed by atoms with Crippen LogP contribution in [0.1, 0.15) is 39.5 Å². The second-order valence-corrected chi connectivity index (χ2v) is 3.91. The maximum atomic E-state index is 10.1. The maximum Gasteiger partial charge on any atom is 0.0672 e. The van der Waals surface area contributed by atoms with Gasteiger partial charge in [-0.15, -0.1) is 0 Å². The van der Waals surface area contributed by atoms with Gasteiger partial charge in [-0.25, -0.2) is 0 Å². The zero-order chi connectivity index (χ0) is 9.03. The van der Waals surface area contributed by atoms with Gasteiger partial charge in [0.15, 0.2) is 0 Å². The first kappa shape index (κ1) is 10.0. The summed E-state index contributed by atoms with van der Waals surface area (Å²) >= 11 is 0. The molecule has 12 heavy (non-hydrogen) atoms. The highest BCUT2D eigenvalue weighted by molar-refractivity contribution is 4.84. The minimum atomic E-state index is -0.333. The van der Waals surface area contributed by atoms with E-state index in [1.165, 1.54) is 0 Å². The molecule has 1 aliphatic rings. The number of hydrogen-bond acceptors (Lipinski definition) is 2. The Labute approximate surface area is 75.6 Å². The monoisotopic (exact) mass is 171 g/mol. The van der Waals surface area contributed by atoms with Gasteiger partial charge in [-0.3, -0.25) is 0 Å². The minimum Gasteiger partial charge on any atom is -0.390 e. The van der Waals surface area contributed by atoms with Gasteiger partial charge in [0, 0.05) is 13.1 Å². The van der Waals surface area contributed by atoms with Gasteiger partial charge in [-0.1, -0.05) is 20.3 Å². The van der Waals surface area contributed by atoms with Crippen molar-refractivity contribution < 1.29 is 5.11 Å². The molecule has 1 rings (SSSR count). The second kappa shape index (κ2) is 4.24. The lowest BCUT2D eigenvalue weighted by Gasteiger charge is -2.37. The Bertz CT molecular complexity index is 128. The summed E-state index contributed by atoms with van der Waals surface area (Å²) in [6, 6.07) is 0. The minimum absolute atomic E-state index is 0.333. The van der Waals surface area contributed by atoms with E-state index in [4.69, 9.17) is 0 Å². The molecule has 0 aromatic heterocycles. The number of rotatable bonds is 3. The van der Waals surface area contributed by atoms with Crippen molar-refractivity contribution in [1.29, 1.82) is 0 Å². The van der Waals surface area contributed by atoms with Crippen molar-refractivity contribution >= 4 is 0 Å². The van der Waals surface area contributed by atoms with Gasteiger partial charge in [0.2, 0.25) is 0 Å². The highest BCUT2D eigenvalue weighted by atomic mass is 16.3. The molecule has 0 aromatic carbocycles. The molecule has 72 valence electrons. The molecule has 1 aliphatic heterocycles. The largest absolute Gasteiger partial charge is 0.390 e. The van der Waals surface area contributed by atoms with Gasteiger partial charge in [0.1, 0.15) is 0 Å². The molecule has 1 saturated heterocycles. The molecular weight excluding hydrogens is 150 g/mol. The van der Waals surface area contributed by atoms with Crippen molar-refractivity contribution in [2.45, 2.75) is 45.1 Å². The first-order chi connectivity index (χ1) is 5.70. The van der Waals surface area contributed by atoms with E-state index >= 15 is 0 Å². The molecule has 1 heterocycles. The summed E-state index contributed by atoms with van der Waals surface area (Å²) in [4.78, 5) is 2.41. The predicted octanol–water partition coefficient (Wildman–Crippen LogP) is 1.63. The fourth-order valence-corrected chi connectivity index (χ4v) is 2.00. The quantitative estimate of drug-likeness (QED) is 0.697. The summed E-state index contributed by atoms with van der Waals surface area (Å²) in [5, 5.41) is 10.1. The van der Waals surface area contributed by atoms with Crippen LogP contribution in [-0.2, 0) is 0 Å². The summed E-state index contributed by atoms with van der Waals surface area (Å²) < 4.78 is 0. The van der Waals surface area contributed by atoms with E-state index in [0.717, 1.165) is 45.3 Å². The normalized spacial score (nSPS) is 24.2. The zero-order valence-electron chi connectivity index (χ0n) is 8.34. The highest BCUT2D eigenvalue weighted by Gasteiger charge is 2.30. The molecule has 0 amide bonds. The summed E-state index contributed by atoms with van der Waals surface area (Å²) in [6.07, 6.45) is 4.01. The molecule has 1 fully saturated rings. The van der Waals surface area contributed by atoms with Crippen molar-refractivity contribution in [2.75, 3.05) is 19.6 Å². The van der Waals surface area contributed by atoms with Crippen LogP contribution in [-0.4, -0.2) is 35.2 Å². The van der Waals surface area contributed by atoms with Crippen molar-refractivity contribution in [3.8, 4) is 0 Å². The molecule has 2 nitrogen and oxygen atoms in total. The third-order valence-electron chi connectivity index (χ3n) is 2.95. The van der Waals surface area contributed by atoms with Crippen LogP contribution >= 0.6 is 0 Å². The molecule has 0 bridgehead atoms. The Kier molecular flexibility index (Phi) is 3.53. The van der Waals surface area contributed by atoms with Crippen LogP contribution in [0, 0.1) is 0 Å². The molecule has 0 aliphatic carbocycles. The van der Waals surface area contributed by atoms with E-state index in [1.807, 2.05) is 0 Å². The first-order valence-corrected chi connectivity index (χ1v) is 5.15. The van der Waals surface area contributed by atoms with Crippen LogP contribution in [0.25, 0.3) is 0 Å². The summed E-state index contributed by atoms with van der Waals surface area (Å²) in [5.41, 5.74) is -0.333. The standard InChI is InChI=1S/C10H21NO/c1-3-5-10(12)6-8-11(4-2)9-7-10/h12H,3-9H2,1-2H3. The van der Waals surface area contributed by atoms with Gasteiger partial charge in [-0.2, -0.15) is 0 Å². The lowest BCUT2D eigenvalue weighted by molar-refractivity contribution is -0.0268. The number of aliphatic hydroxyl groups is 1. The molecule has 0 aromatic rings. The highest BCUT2D eigenvalue weighted by Crippen LogP contribution is 2.26. The lowest BCUT2D eigenvalue weighted by Crippen LogP contribution is -2.44. The van der Waals surface area contributed by atoms with Crippen LogP contribution in [0.5, 0.6) is 0 Å². The van der Waals surface area contributed by atoms with Gasteiger partial charge in [0.05, 0.1) is 5.60 Å². The predicted molar refractivity (Wildman–Crippen MR) is 51.2 cm³/mol. The zero-order valence-corrected chi connectivity index (χ0v) is 8.34. The number of likely N-dealkylation sites (tertiary alicyclic amines) is 1. The lowest BCUT2D eigenvalue weighted by atomic mass is 9.87. The van der Waals surface area contributed by atoms with Crippen molar-refractivity contribution in [3.05, 3.63) is 0 Å². The van der Waals surface area contributed by atoms with Gasteiger partial charge < -0.3 is 10.0 Å². The third kappa shape index (κ3) is 2.46. The van der Waals surface area contributed by atoms with Gasteiger partial charge >= 0.3 is 0 Å². The van der Waals surface area contributed by atoms with Crippen molar-refractivity contribution in [1.82, 2.24) is 4.90 Å². The fraction of sp³-hybridized carbons (Fsp3) is 1.00. The van der Waals surface area contributed by atoms with Crippen LogP contribution in [0.4, 0.5) is 0 Å². The molecule has 2 heteroatoms. The van der Waals surface area contributed by atoms with Gasteiger partial charge in [-0.05, 0) is 25.8 Å². The van der Waals surface area contributed by atoms with E-state index in [0.29, 0.717) is 0 Å². The Morgan fingerprint density at radius 3 is 2.25 bits per heavy atom. The SMILES string of the molecule is CCCC1(O)CCN(CC)CC1. The van der Waals surface area contributed by atoms with E-state index < -0.39 is 0 Å². The first-order valence-electron chi connectivity index (χ1n) is 5.15. The average molecular weight is 171 g/mol. The molecule has 0 atom stereocenters. The van der Waals surface area contributed by atoms with Crippen LogP contribution < -0.4 is 0 Å². The summed E-state index contributed by atoms with van der Waals surface area (Å²) in [6.45, 7) is 7.61. The van der Waals surface area contributed by atoms with E-state index in [2.05, 4.69) is 18.7 Å². The molecule has 0 spiro atoms. The summed E-state index contributed by atoms with van der Waals surface area (Å²) in [7, 11) is 0. The smallest absolute Gasteiger partial charge is 0.0672 e. The topological polar surface area (TPSA) is 23.5 Å². The fourth-order valence-electron chi connectivity index (χ4n) is 2.00. The molecule has 1 N–H and O–H groups in total. The number of piperidine rings is 1. The average Bonchev–Trinajstić information content (AvgIpc) is 2.06. The number of nitrogens with zero attached hydrogens (tertiary/aromatic N) is 1.